The quantitative estimate of drug-likeness (QED) is 0.233. The molecule has 1 aliphatic rings. The number of carbonyl (C=O) groups is 1. The number of thiophene rings is 1. The van der Waals surface area contributed by atoms with Gasteiger partial charge >= 0.3 is 191 Å². The van der Waals surface area contributed by atoms with Crippen molar-refractivity contribution in [2.24, 2.45) is 17.8 Å². The summed E-state index contributed by atoms with van der Waals surface area (Å²) in [5.74, 6) is 1.02. The van der Waals surface area contributed by atoms with E-state index in [1.165, 1.54) is 11.3 Å². The van der Waals surface area contributed by atoms with E-state index in [4.69, 9.17) is 14.6 Å². The van der Waals surface area contributed by atoms with Crippen molar-refractivity contribution in [1.29, 1.82) is 0 Å². The van der Waals surface area contributed by atoms with Crippen LogP contribution in [0.5, 0.6) is 5.06 Å². The van der Waals surface area contributed by atoms with Crippen LogP contribution in [0, 0.1) is 24.7 Å². The van der Waals surface area contributed by atoms with Crippen LogP contribution in [0.3, 0.4) is 0 Å². The molecule has 164 valence electrons. The fourth-order valence-electron chi connectivity index (χ4n) is 3.56. The van der Waals surface area contributed by atoms with Gasteiger partial charge in [-0.3, -0.25) is 0 Å². The van der Waals surface area contributed by atoms with E-state index >= 15 is 0 Å². The molecule has 0 saturated heterocycles. The predicted molar refractivity (Wildman–Crippen MR) is 124 cm³/mol. The Balaban J connectivity index is 1.89. The van der Waals surface area contributed by atoms with Crippen molar-refractivity contribution in [1.82, 2.24) is 0 Å². The number of carboxylic acid groups (broad SMARTS) is 1. The molecule has 3 N–H and O–H groups in total. The Morgan fingerprint density at radius 3 is 2.87 bits per heavy atom. The molecule has 0 amide bonds. The molecule has 1 unspecified atom stereocenters. The third kappa shape index (κ3) is 7.78. The number of aryl methyl sites for hydroxylation is 1. The molecule has 1 aromatic rings. The first-order valence-electron chi connectivity index (χ1n) is 9.82. The number of rotatable bonds is 12. The number of allylic oxidation sites excluding steroid dienone is 2. The minimum atomic E-state index is -1.00. The van der Waals surface area contributed by atoms with Crippen LogP contribution < -0.4 is 4.74 Å². The van der Waals surface area contributed by atoms with Crippen LogP contribution in [0.25, 0.3) is 0 Å². The van der Waals surface area contributed by atoms with Crippen LogP contribution in [0.4, 0.5) is 0 Å². The molecule has 0 radical (unpaired) electrons. The molecular formula is C21H28BBrO6S. The first-order valence-corrected chi connectivity index (χ1v) is 11.4. The van der Waals surface area contributed by atoms with Crippen LogP contribution in [0.1, 0.15) is 17.7 Å². The molecular weight excluding hydrogens is 471 g/mol. The van der Waals surface area contributed by atoms with E-state index < -0.39 is 18.2 Å². The molecule has 0 spiro atoms. The number of ether oxygens (including phenoxy) is 2. The molecule has 30 heavy (non-hydrogen) atoms. The average molecular weight is 499 g/mol. The third-order valence-electron chi connectivity index (χ3n) is 5.10. The number of carboxylic acids is 1. The average Bonchev–Trinajstić information content (AvgIpc) is 3.19. The van der Waals surface area contributed by atoms with Gasteiger partial charge in [-0.25, -0.2) is 0 Å². The Kier molecular flexibility index (Phi) is 10.5. The van der Waals surface area contributed by atoms with Crippen molar-refractivity contribution >= 4 is 46.7 Å². The molecule has 1 aliphatic carbocycles. The Hall–Kier alpha value is -1.26. The fourth-order valence-corrected chi connectivity index (χ4v) is 4.92. The fraction of sp³-hybridized carbons (Fsp3) is 0.524. The first-order chi connectivity index (χ1) is 14.3. The number of hydrogen-bond acceptors (Lipinski definition) is 6. The van der Waals surface area contributed by atoms with Gasteiger partial charge in [-0.2, -0.15) is 0 Å². The first kappa shape index (κ1) is 25.0. The molecule has 0 aliphatic heterocycles. The molecule has 5 atom stereocenters. The summed E-state index contributed by atoms with van der Waals surface area (Å²) < 4.78 is 11.6. The van der Waals surface area contributed by atoms with Gasteiger partial charge in [0.1, 0.15) is 0 Å². The minimum absolute atomic E-state index is 0.0102. The number of aliphatic hydroxyl groups is 2. The van der Waals surface area contributed by atoms with Gasteiger partial charge in [0.2, 0.25) is 0 Å². The monoisotopic (exact) mass is 498 g/mol. The van der Waals surface area contributed by atoms with Crippen molar-refractivity contribution in [3.05, 3.63) is 39.7 Å². The van der Waals surface area contributed by atoms with Crippen LogP contribution in [0.15, 0.2) is 34.8 Å². The molecule has 1 aromatic heterocycles. The second-order valence-electron chi connectivity index (χ2n) is 7.29. The number of aliphatic hydroxyl groups excluding tert-OH is 2. The van der Waals surface area contributed by atoms with E-state index in [0.29, 0.717) is 12.8 Å². The van der Waals surface area contributed by atoms with Crippen molar-refractivity contribution in [2.75, 3.05) is 19.8 Å². The maximum absolute atomic E-state index is 10.5. The summed E-state index contributed by atoms with van der Waals surface area (Å²) in [5, 5.41) is 30.1. The van der Waals surface area contributed by atoms with Gasteiger partial charge in [-0.05, 0) is 0 Å². The molecule has 6 nitrogen and oxygen atoms in total. The third-order valence-corrected chi connectivity index (χ3v) is 7.15. The predicted octanol–water partition coefficient (Wildman–Crippen LogP) is 2.48. The summed E-state index contributed by atoms with van der Waals surface area (Å²) in [6.45, 7) is 2.03. The zero-order valence-electron chi connectivity index (χ0n) is 16.9. The maximum atomic E-state index is 10.5. The van der Waals surface area contributed by atoms with Crippen LogP contribution in [-0.4, -0.2) is 66.8 Å². The van der Waals surface area contributed by atoms with E-state index in [1.807, 2.05) is 31.1 Å². The van der Waals surface area contributed by atoms with Gasteiger partial charge < -0.3 is 0 Å². The van der Waals surface area contributed by atoms with E-state index in [2.05, 4.69) is 23.4 Å². The molecule has 9 heteroatoms. The normalized spacial score (nSPS) is 25.2. The Labute approximate surface area is 190 Å². The van der Waals surface area contributed by atoms with Crippen LogP contribution >= 0.6 is 27.3 Å². The van der Waals surface area contributed by atoms with Gasteiger partial charge in [-0.1, -0.05) is 0 Å². The molecule has 1 heterocycles. The Morgan fingerprint density at radius 1 is 1.47 bits per heavy atom. The van der Waals surface area contributed by atoms with Crippen LogP contribution in [-0.2, 0) is 9.53 Å². The Bertz CT molecular complexity index is 745. The van der Waals surface area contributed by atoms with E-state index in [1.54, 1.807) is 12.2 Å². The topological polar surface area (TPSA) is 96.2 Å². The van der Waals surface area contributed by atoms with Gasteiger partial charge in [0.15, 0.2) is 0 Å². The van der Waals surface area contributed by atoms with E-state index in [9.17, 15) is 15.0 Å². The van der Waals surface area contributed by atoms with Gasteiger partial charge in [-0.15, -0.1) is 0 Å². The second-order valence-corrected chi connectivity index (χ2v) is 9.37. The van der Waals surface area contributed by atoms with Crippen LogP contribution in [0.2, 0.25) is 0 Å². The molecule has 1 saturated carbocycles. The van der Waals surface area contributed by atoms with Crippen molar-refractivity contribution < 1.29 is 29.6 Å². The molecule has 2 rings (SSSR count). The zero-order valence-corrected chi connectivity index (χ0v) is 19.3. The Morgan fingerprint density at radius 2 is 2.23 bits per heavy atom. The summed E-state index contributed by atoms with van der Waals surface area (Å²) in [6, 6.07) is 1.89. The number of aliphatic carboxylic acids is 1. The van der Waals surface area contributed by atoms with Crippen molar-refractivity contribution in [3.8, 4) is 5.06 Å². The number of halogens is 1. The summed E-state index contributed by atoms with van der Waals surface area (Å²) in [7, 11) is 3.88. The second kappa shape index (κ2) is 12.6. The molecule has 0 bridgehead atoms. The zero-order chi connectivity index (χ0) is 22.1. The standard InChI is InChI=1S/C21H28BBrO6S/c1-13-18(23)9-21(30-13)29-11-15(24)5-6-16-14(10-22)8-19(25)17(16)4-2-3-7-28-12-20(26)27/h2-3,5-6,9-10,14-17,19,22,24-25H,4,7-8,11-12H2,1H3,(H,26,27)/b3-2-,6-5+/t14-,15+,16-,17+,19?/m0/s1. The van der Waals surface area contributed by atoms with Crippen molar-refractivity contribution in [3.63, 3.8) is 0 Å². The number of hydrogen-bond donors (Lipinski definition) is 3. The van der Waals surface area contributed by atoms with E-state index in [0.717, 1.165) is 14.4 Å². The van der Waals surface area contributed by atoms with E-state index in [-0.39, 0.29) is 37.6 Å². The van der Waals surface area contributed by atoms with Gasteiger partial charge in [0, 0.05) is 0 Å². The van der Waals surface area contributed by atoms with Gasteiger partial charge in [0.05, 0.1) is 0 Å². The summed E-state index contributed by atoms with van der Waals surface area (Å²) in [6.07, 6.45) is 7.38. The van der Waals surface area contributed by atoms with Gasteiger partial charge in [0.25, 0.3) is 0 Å². The summed E-state index contributed by atoms with van der Waals surface area (Å²) in [5.41, 5.74) is 0. The molecule has 1 fully saturated rings. The SMILES string of the molecule is B=C[C@@H]1CC(O)[C@H](C/C=C\COCC(=O)O)[C@H]1/C=C/[C@@H](O)COc1cc(Br)c(C)s1. The summed E-state index contributed by atoms with van der Waals surface area (Å²) >= 11 is 4.97. The molecule has 0 aromatic carbocycles. The van der Waals surface area contributed by atoms with Crippen molar-refractivity contribution in [2.45, 2.75) is 32.0 Å². The summed E-state index contributed by atoms with van der Waals surface area (Å²) in [4.78, 5) is 11.6.